The molecule has 0 saturated heterocycles. The predicted octanol–water partition coefficient (Wildman–Crippen LogP) is 5.12. The van der Waals surface area contributed by atoms with Crippen LogP contribution in [-0.2, 0) is 4.79 Å². The summed E-state index contributed by atoms with van der Waals surface area (Å²) in [4.78, 5) is 25.6. The molecular formula is C24H27ClN2O4. The van der Waals surface area contributed by atoms with Gasteiger partial charge in [0.25, 0.3) is 5.91 Å². The third kappa shape index (κ3) is 5.20. The van der Waals surface area contributed by atoms with Crippen LogP contribution in [0.3, 0.4) is 0 Å². The second-order valence-electron chi connectivity index (χ2n) is 7.66. The van der Waals surface area contributed by atoms with Gasteiger partial charge in [-0.1, -0.05) is 49.7 Å². The van der Waals surface area contributed by atoms with E-state index >= 15 is 0 Å². The largest absolute Gasteiger partial charge is 0.490 e. The molecule has 0 fully saturated rings. The van der Waals surface area contributed by atoms with Gasteiger partial charge in [-0.3, -0.25) is 9.59 Å². The fourth-order valence-electron chi connectivity index (χ4n) is 3.31. The van der Waals surface area contributed by atoms with E-state index in [4.69, 9.17) is 20.8 Å². The number of benzene rings is 2. The molecule has 2 amide bonds. The summed E-state index contributed by atoms with van der Waals surface area (Å²) in [5, 5.41) is 6.97. The number of rotatable bonds is 8. The van der Waals surface area contributed by atoms with Gasteiger partial charge in [0.1, 0.15) is 11.8 Å². The van der Waals surface area contributed by atoms with Gasteiger partial charge in [-0.2, -0.15) is 0 Å². The third-order valence-corrected chi connectivity index (χ3v) is 5.30. The normalized spacial score (nSPS) is 13.1. The van der Waals surface area contributed by atoms with Gasteiger partial charge in [-0.25, -0.2) is 0 Å². The monoisotopic (exact) mass is 442 g/mol. The van der Waals surface area contributed by atoms with Crippen LogP contribution >= 0.6 is 11.6 Å². The quantitative estimate of drug-likeness (QED) is 0.507. The number of carbonyl (C=O) groups excluding carboxylic acids is 2. The number of carbonyl (C=O) groups is 2. The van der Waals surface area contributed by atoms with Crippen LogP contribution in [-0.4, -0.2) is 24.5 Å². The predicted molar refractivity (Wildman–Crippen MR) is 121 cm³/mol. The molecule has 0 aliphatic heterocycles. The summed E-state index contributed by atoms with van der Waals surface area (Å²) in [7, 11) is 0. The van der Waals surface area contributed by atoms with E-state index in [0.717, 1.165) is 5.39 Å². The zero-order chi connectivity index (χ0) is 22.5. The van der Waals surface area contributed by atoms with Crippen molar-refractivity contribution in [3.63, 3.8) is 0 Å². The molecule has 0 aliphatic carbocycles. The van der Waals surface area contributed by atoms with E-state index in [1.807, 2.05) is 52.0 Å². The lowest BCUT2D eigenvalue weighted by Crippen LogP contribution is -2.50. The van der Waals surface area contributed by atoms with Crippen LogP contribution in [0, 0.1) is 5.92 Å². The van der Waals surface area contributed by atoms with E-state index in [-0.39, 0.29) is 11.8 Å². The maximum Gasteiger partial charge on any atom is 0.253 e. The maximum atomic E-state index is 13.0. The van der Waals surface area contributed by atoms with Crippen molar-refractivity contribution in [2.45, 2.75) is 39.8 Å². The summed E-state index contributed by atoms with van der Waals surface area (Å²) in [6.45, 7) is 8.02. The molecule has 31 heavy (non-hydrogen) atoms. The highest BCUT2D eigenvalue weighted by molar-refractivity contribution is 6.33. The van der Waals surface area contributed by atoms with E-state index in [0.29, 0.717) is 34.3 Å². The van der Waals surface area contributed by atoms with E-state index in [1.165, 1.54) is 0 Å². The topological polar surface area (TPSA) is 80.6 Å². The molecule has 6 nitrogen and oxygen atoms in total. The first-order valence-corrected chi connectivity index (χ1v) is 10.7. The standard InChI is InChI=1S/C24H27ClN2O4/c1-5-30-19-12-8-9-16-13-20(31-22(16)19)15(4)26-24(29)21(14(2)3)27-23(28)17-10-6-7-11-18(17)25/h6-15,21H,5H2,1-4H3,(H,26,29)(H,27,28)/t15?,21-/m0/s1. The van der Waals surface area contributed by atoms with Gasteiger partial charge in [0.2, 0.25) is 5.91 Å². The molecule has 1 heterocycles. The van der Waals surface area contributed by atoms with Crippen LogP contribution in [0.25, 0.3) is 11.0 Å². The zero-order valence-electron chi connectivity index (χ0n) is 18.1. The lowest BCUT2D eigenvalue weighted by Gasteiger charge is -2.23. The highest BCUT2D eigenvalue weighted by Gasteiger charge is 2.27. The van der Waals surface area contributed by atoms with Gasteiger partial charge in [-0.05, 0) is 44.0 Å². The highest BCUT2D eigenvalue weighted by atomic mass is 35.5. The smallest absolute Gasteiger partial charge is 0.253 e. The van der Waals surface area contributed by atoms with Crippen molar-refractivity contribution in [3.8, 4) is 5.75 Å². The lowest BCUT2D eigenvalue weighted by atomic mass is 10.0. The van der Waals surface area contributed by atoms with Crippen molar-refractivity contribution in [2.24, 2.45) is 5.92 Å². The first-order chi connectivity index (χ1) is 14.8. The zero-order valence-corrected chi connectivity index (χ0v) is 18.8. The SMILES string of the molecule is CCOc1cccc2cc(C(C)NC(=O)[C@@H](NC(=O)c3ccccc3Cl)C(C)C)oc12. The number of hydrogen-bond donors (Lipinski definition) is 2. The number of para-hydroxylation sites is 1. The van der Waals surface area contributed by atoms with Crippen molar-refractivity contribution in [1.29, 1.82) is 0 Å². The average molecular weight is 443 g/mol. The Bertz CT molecular complexity index is 1080. The third-order valence-electron chi connectivity index (χ3n) is 4.97. The first kappa shape index (κ1) is 22.7. The number of furan rings is 1. The van der Waals surface area contributed by atoms with Gasteiger partial charge in [-0.15, -0.1) is 0 Å². The van der Waals surface area contributed by atoms with Crippen molar-refractivity contribution < 1.29 is 18.7 Å². The van der Waals surface area contributed by atoms with Gasteiger partial charge >= 0.3 is 0 Å². The van der Waals surface area contributed by atoms with Crippen molar-refractivity contribution in [2.75, 3.05) is 6.61 Å². The molecule has 3 aromatic rings. The Labute approximate surface area is 186 Å². The van der Waals surface area contributed by atoms with Crippen LogP contribution in [0.5, 0.6) is 5.75 Å². The van der Waals surface area contributed by atoms with Gasteiger partial charge in [0, 0.05) is 5.39 Å². The number of amides is 2. The Hall–Kier alpha value is -2.99. The molecule has 2 N–H and O–H groups in total. The molecule has 0 saturated carbocycles. The number of hydrogen-bond acceptors (Lipinski definition) is 4. The summed E-state index contributed by atoms with van der Waals surface area (Å²) in [5.41, 5.74) is 0.976. The molecule has 0 bridgehead atoms. The summed E-state index contributed by atoms with van der Waals surface area (Å²) < 4.78 is 11.6. The molecule has 7 heteroatoms. The van der Waals surface area contributed by atoms with Crippen LogP contribution in [0.2, 0.25) is 5.02 Å². The van der Waals surface area contributed by atoms with Gasteiger partial charge in [0.05, 0.1) is 23.2 Å². The number of nitrogens with one attached hydrogen (secondary N) is 2. The number of ether oxygens (including phenoxy) is 1. The van der Waals surface area contributed by atoms with E-state index in [2.05, 4.69) is 10.6 Å². The van der Waals surface area contributed by atoms with Crippen LogP contribution in [0.1, 0.15) is 49.9 Å². The Morgan fingerprint density at radius 2 is 1.81 bits per heavy atom. The Kier molecular flexibility index (Phi) is 7.23. The lowest BCUT2D eigenvalue weighted by molar-refractivity contribution is -0.124. The molecule has 0 spiro atoms. The molecule has 164 valence electrons. The second-order valence-corrected chi connectivity index (χ2v) is 8.07. The van der Waals surface area contributed by atoms with Crippen LogP contribution in [0.15, 0.2) is 52.9 Å². The molecular weight excluding hydrogens is 416 g/mol. The minimum atomic E-state index is -0.727. The van der Waals surface area contributed by atoms with Crippen LogP contribution in [0.4, 0.5) is 0 Å². The molecule has 2 atom stereocenters. The number of halogens is 1. The average Bonchev–Trinajstić information content (AvgIpc) is 3.17. The number of fused-ring (bicyclic) bond motifs is 1. The summed E-state index contributed by atoms with van der Waals surface area (Å²) in [5.74, 6) is 0.455. The molecule has 1 unspecified atom stereocenters. The molecule has 3 rings (SSSR count). The van der Waals surface area contributed by atoms with Gasteiger partial charge in [0.15, 0.2) is 11.3 Å². The van der Waals surface area contributed by atoms with E-state index in [1.54, 1.807) is 24.3 Å². The second kappa shape index (κ2) is 9.88. The summed E-state index contributed by atoms with van der Waals surface area (Å²) in [6.07, 6.45) is 0. The Morgan fingerprint density at radius 3 is 2.48 bits per heavy atom. The highest BCUT2D eigenvalue weighted by Crippen LogP contribution is 2.31. The van der Waals surface area contributed by atoms with E-state index in [9.17, 15) is 9.59 Å². The molecule has 1 aromatic heterocycles. The minimum Gasteiger partial charge on any atom is -0.490 e. The Morgan fingerprint density at radius 1 is 1.06 bits per heavy atom. The molecule has 0 aliphatic rings. The first-order valence-electron chi connectivity index (χ1n) is 10.3. The maximum absolute atomic E-state index is 13.0. The van der Waals surface area contributed by atoms with Crippen molar-refractivity contribution in [3.05, 3.63) is 64.9 Å². The van der Waals surface area contributed by atoms with E-state index < -0.39 is 18.0 Å². The summed E-state index contributed by atoms with van der Waals surface area (Å²) in [6, 6.07) is 13.2. The Balaban J connectivity index is 1.75. The fourth-order valence-corrected chi connectivity index (χ4v) is 3.53. The fraction of sp³-hybridized carbons (Fsp3) is 0.333. The van der Waals surface area contributed by atoms with Crippen LogP contribution < -0.4 is 15.4 Å². The molecule has 0 radical (unpaired) electrons. The van der Waals surface area contributed by atoms with Gasteiger partial charge < -0.3 is 19.8 Å². The summed E-state index contributed by atoms with van der Waals surface area (Å²) >= 11 is 6.12. The minimum absolute atomic E-state index is 0.126. The van der Waals surface area contributed by atoms with Crippen molar-refractivity contribution >= 4 is 34.4 Å². The molecule has 2 aromatic carbocycles. The van der Waals surface area contributed by atoms with Crippen molar-refractivity contribution in [1.82, 2.24) is 10.6 Å².